The lowest BCUT2D eigenvalue weighted by Crippen LogP contribution is -2.32. The second-order valence-electron chi connectivity index (χ2n) is 6.32. The van der Waals surface area contributed by atoms with Gasteiger partial charge in [0.15, 0.2) is 0 Å². The van der Waals surface area contributed by atoms with Crippen LogP contribution in [-0.2, 0) is 6.42 Å². The third-order valence-corrected chi connectivity index (χ3v) is 5.22. The zero-order chi connectivity index (χ0) is 13.1. The summed E-state index contributed by atoms with van der Waals surface area (Å²) in [6.45, 7) is 0. The predicted octanol–water partition coefficient (Wildman–Crippen LogP) is 3.67. The maximum absolute atomic E-state index is 4.65. The van der Waals surface area contributed by atoms with Gasteiger partial charge in [0.05, 0.1) is 0 Å². The first-order valence-corrected chi connectivity index (χ1v) is 7.99. The van der Waals surface area contributed by atoms with Gasteiger partial charge in [-0.15, -0.1) is 0 Å². The van der Waals surface area contributed by atoms with E-state index in [4.69, 9.17) is 0 Å². The molecule has 2 nitrogen and oxygen atoms in total. The number of aryl methyl sites for hydroxylation is 1. The fraction of sp³-hybridized carbons (Fsp3) is 0.706. The fourth-order valence-electron chi connectivity index (χ4n) is 4.10. The van der Waals surface area contributed by atoms with Gasteiger partial charge in [0.25, 0.3) is 0 Å². The van der Waals surface area contributed by atoms with Crippen molar-refractivity contribution in [3.8, 4) is 0 Å². The second-order valence-corrected chi connectivity index (χ2v) is 6.32. The lowest BCUT2D eigenvalue weighted by Gasteiger charge is -2.24. The topological polar surface area (TPSA) is 24.9 Å². The average molecular weight is 258 g/mol. The summed E-state index contributed by atoms with van der Waals surface area (Å²) in [7, 11) is 2.13. The number of likely N-dealkylation sites (N-methyl/N-ethyl adjacent to an activating group) is 1. The van der Waals surface area contributed by atoms with Crippen LogP contribution < -0.4 is 5.32 Å². The van der Waals surface area contributed by atoms with Crippen LogP contribution in [0.15, 0.2) is 18.3 Å². The largest absolute Gasteiger partial charge is 0.316 e. The van der Waals surface area contributed by atoms with Crippen molar-refractivity contribution in [1.29, 1.82) is 0 Å². The van der Waals surface area contributed by atoms with Gasteiger partial charge in [0.2, 0.25) is 0 Å². The minimum atomic E-state index is 0.622. The van der Waals surface area contributed by atoms with Crippen molar-refractivity contribution in [3.63, 3.8) is 0 Å². The molecular formula is C17H26N2. The number of hydrogen-bond donors (Lipinski definition) is 1. The van der Waals surface area contributed by atoms with E-state index in [9.17, 15) is 0 Å². The van der Waals surface area contributed by atoms with Gasteiger partial charge in [-0.1, -0.05) is 31.7 Å². The molecule has 0 radical (unpaired) electrons. The minimum Gasteiger partial charge on any atom is -0.316 e. The average Bonchev–Trinajstić information content (AvgIpc) is 3.09. The molecule has 2 aliphatic rings. The molecule has 2 aliphatic carbocycles. The van der Waals surface area contributed by atoms with Crippen LogP contribution in [0.25, 0.3) is 0 Å². The number of aromatic nitrogens is 1. The van der Waals surface area contributed by atoms with Crippen LogP contribution in [0.2, 0.25) is 0 Å². The van der Waals surface area contributed by atoms with Crippen LogP contribution in [0, 0.1) is 5.92 Å². The lowest BCUT2D eigenvalue weighted by molar-refractivity contribution is 0.373. The van der Waals surface area contributed by atoms with Gasteiger partial charge < -0.3 is 5.32 Å². The SMILES string of the molecule is CNC(CCC1CCCC1)C1CCc2cccnc21. The summed E-state index contributed by atoms with van der Waals surface area (Å²) >= 11 is 0. The number of fused-ring (bicyclic) bond motifs is 1. The summed E-state index contributed by atoms with van der Waals surface area (Å²) < 4.78 is 0. The molecule has 0 saturated heterocycles. The first kappa shape index (κ1) is 13.1. The quantitative estimate of drug-likeness (QED) is 0.871. The van der Waals surface area contributed by atoms with Gasteiger partial charge in [0.1, 0.15) is 0 Å². The Morgan fingerprint density at radius 1 is 1.32 bits per heavy atom. The van der Waals surface area contributed by atoms with Crippen LogP contribution in [0.5, 0.6) is 0 Å². The Morgan fingerprint density at radius 2 is 2.16 bits per heavy atom. The van der Waals surface area contributed by atoms with Crippen molar-refractivity contribution in [2.24, 2.45) is 5.92 Å². The highest BCUT2D eigenvalue weighted by atomic mass is 14.9. The number of hydrogen-bond acceptors (Lipinski definition) is 2. The van der Waals surface area contributed by atoms with Gasteiger partial charge in [-0.05, 0) is 50.3 Å². The second kappa shape index (κ2) is 6.04. The number of nitrogens with zero attached hydrogens (tertiary/aromatic N) is 1. The third kappa shape index (κ3) is 2.84. The molecule has 1 fully saturated rings. The molecule has 0 bridgehead atoms. The summed E-state index contributed by atoms with van der Waals surface area (Å²) in [5.41, 5.74) is 2.85. The number of nitrogens with one attached hydrogen (secondary N) is 1. The molecule has 0 amide bonds. The zero-order valence-electron chi connectivity index (χ0n) is 12.1. The van der Waals surface area contributed by atoms with Crippen molar-refractivity contribution in [2.45, 2.75) is 63.3 Å². The molecule has 1 aromatic rings. The molecule has 19 heavy (non-hydrogen) atoms. The van der Waals surface area contributed by atoms with E-state index in [-0.39, 0.29) is 0 Å². The van der Waals surface area contributed by atoms with Crippen LogP contribution in [0.4, 0.5) is 0 Å². The van der Waals surface area contributed by atoms with E-state index < -0.39 is 0 Å². The molecule has 104 valence electrons. The standard InChI is InChI=1S/C17H26N2/c1-18-16(11-8-13-5-2-3-6-13)15-10-9-14-7-4-12-19-17(14)15/h4,7,12-13,15-16,18H,2-3,5-6,8-11H2,1H3. The van der Waals surface area contributed by atoms with Crippen LogP contribution in [-0.4, -0.2) is 18.1 Å². The van der Waals surface area contributed by atoms with Gasteiger partial charge >= 0.3 is 0 Å². The maximum atomic E-state index is 4.65. The minimum absolute atomic E-state index is 0.622. The molecular weight excluding hydrogens is 232 g/mol. The molecule has 1 saturated carbocycles. The molecule has 1 aromatic heterocycles. The Bertz CT molecular complexity index is 409. The monoisotopic (exact) mass is 258 g/mol. The van der Waals surface area contributed by atoms with Crippen molar-refractivity contribution < 1.29 is 0 Å². The molecule has 2 unspecified atom stereocenters. The van der Waals surface area contributed by atoms with Gasteiger partial charge in [-0.3, -0.25) is 4.98 Å². The van der Waals surface area contributed by atoms with E-state index in [1.54, 1.807) is 0 Å². The fourth-order valence-corrected chi connectivity index (χ4v) is 4.10. The normalized spacial score (nSPS) is 24.6. The molecule has 0 spiro atoms. The Balaban J connectivity index is 1.62. The molecule has 2 atom stereocenters. The number of rotatable bonds is 5. The summed E-state index contributed by atoms with van der Waals surface area (Å²) in [5.74, 6) is 1.64. The Labute approximate surface area is 117 Å². The Kier molecular flexibility index (Phi) is 4.17. The van der Waals surface area contributed by atoms with Gasteiger partial charge in [-0.2, -0.15) is 0 Å². The van der Waals surface area contributed by atoms with Crippen LogP contribution in [0.3, 0.4) is 0 Å². The van der Waals surface area contributed by atoms with Gasteiger partial charge in [-0.25, -0.2) is 0 Å². The van der Waals surface area contributed by atoms with Crippen molar-refractivity contribution in [3.05, 3.63) is 29.6 Å². The summed E-state index contributed by atoms with van der Waals surface area (Å²) in [6.07, 6.45) is 13.0. The highest BCUT2D eigenvalue weighted by molar-refractivity contribution is 5.29. The highest BCUT2D eigenvalue weighted by Gasteiger charge is 2.30. The number of pyridine rings is 1. The molecule has 1 N–H and O–H groups in total. The Hall–Kier alpha value is -0.890. The van der Waals surface area contributed by atoms with Crippen molar-refractivity contribution in [2.75, 3.05) is 7.05 Å². The summed E-state index contributed by atoms with van der Waals surface area (Å²) in [5, 5.41) is 3.57. The first-order chi connectivity index (χ1) is 9.38. The summed E-state index contributed by atoms with van der Waals surface area (Å²) in [4.78, 5) is 4.65. The molecule has 1 heterocycles. The van der Waals surface area contributed by atoms with E-state index in [0.29, 0.717) is 12.0 Å². The predicted molar refractivity (Wildman–Crippen MR) is 79.3 cm³/mol. The van der Waals surface area contributed by atoms with Crippen molar-refractivity contribution in [1.82, 2.24) is 10.3 Å². The molecule has 2 heteroatoms. The molecule has 0 aromatic carbocycles. The first-order valence-electron chi connectivity index (χ1n) is 7.99. The lowest BCUT2D eigenvalue weighted by atomic mass is 9.89. The maximum Gasteiger partial charge on any atom is 0.0482 e. The van der Waals surface area contributed by atoms with E-state index in [0.717, 1.165) is 5.92 Å². The Morgan fingerprint density at radius 3 is 2.95 bits per heavy atom. The van der Waals surface area contributed by atoms with Crippen LogP contribution >= 0.6 is 0 Å². The third-order valence-electron chi connectivity index (χ3n) is 5.22. The smallest absolute Gasteiger partial charge is 0.0482 e. The van der Waals surface area contributed by atoms with E-state index >= 15 is 0 Å². The zero-order valence-corrected chi connectivity index (χ0v) is 12.1. The van der Waals surface area contributed by atoms with E-state index in [1.807, 2.05) is 6.20 Å². The summed E-state index contributed by atoms with van der Waals surface area (Å²) in [6, 6.07) is 4.96. The van der Waals surface area contributed by atoms with Gasteiger partial charge in [0, 0.05) is 23.9 Å². The van der Waals surface area contributed by atoms with Crippen LogP contribution in [0.1, 0.15) is 62.1 Å². The highest BCUT2D eigenvalue weighted by Crippen LogP contribution is 2.37. The molecule has 0 aliphatic heterocycles. The van der Waals surface area contributed by atoms with E-state index in [1.165, 1.54) is 62.6 Å². The molecule has 3 rings (SSSR count). The van der Waals surface area contributed by atoms with Crippen molar-refractivity contribution >= 4 is 0 Å². The van der Waals surface area contributed by atoms with E-state index in [2.05, 4.69) is 29.5 Å².